The highest BCUT2D eigenvalue weighted by Crippen LogP contribution is 2.25. The third-order valence-corrected chi connectivity index (χ3v) is 3.84. The minimum absolute atomic E-state index is 0.132. The van der Waals surface area contributed by atoms with Crippen LogP contribution in [0.2, 0.25) is 0 Å². The van der Waals surface area contributed by atoms with Crippen LogP contribution in [0.25, 0.3) is 10.9 Å². The van der Waals surface area contributed by atoms with Crippen LogP contribution in [0.15, 0.2) is 35.1 Å². The van der Waals surface area contributed by atoms with Crippen molar-refractivity contribution in [3.05, 3.63) is 40.7 Å². The molecule has 0 aliphatic heterocycles. The van der Waals surface area contributed by atoms with Crippen molar-refractivity contribution < 1.29 is 10.2 Å². The Morgan fingerprint density at radius 1 is 1.25 bits per heavy atom. The number of hydrogen-bond acceptors (Lipinski definition) is 4. The molecule has 20 heavy (non-hydrogen) atoms. The fourth-order valence-electron chi connectivity index (χ4n) is 2.24. The Kier molecular flexibility index (Phi) is 4.11. The minimum Gasteiger partial charge on any atom is -0.394 e. The standard InChI is InChI=1S/C15H20N2O3/c1-3-15(9-18,10-19)16-12-8-14(20)17(2)13-7-5-4-6-11(12)13/h4-8,16,18-19H,3,9-10H2,1-2H3. The van der Waals surface area contributed by atoms with E-state index in [0.29, 0.717) is 12.1 Å². The first-order valence-electron chi connectivity index (χ1n) is 6.65. The van der Waals surface area contributed by atoms with Crippen LogP contribution >= 0.6 is 0 Å². The summed E-state index contributed by atoms with van der Waals surface area (Å²) >= 11 is 0. The molecule has 1 heterocycles. The summed E-state index contributed by atoms with van der Waals surface area (Å²) < 4.78 is 1.58. The van der Waals surface area contributed by atoms with Crippen molar-refractivity contribution in [2.24, 2.45) is 7.05 Å². The molecule has 5 heteroatoms. The van der Waals surface area contributed by atoms with Crippen molar-refractivity contribution in [1.29, 1.82) is 0 Å². The minimum atomic E-state index is -0.824. The molecule has 0 spiro atoms. The number of benzene rings is 1. The van der Waals surface area contributed by atoms with Crippen molar-refractivity contribution in [2.75, 3.05) is 18.5 Å². The number of hydrogen-bond donors (Lipinski definition) is 3. The maximum atomic E-state index is 12.0. The largest absolute Gasteiger partial charge is 0.394 e. The topological polar surface area (TPSA) is 74.5 Å². The molecule has 5 nitrogen and oxygen atoms in total. The van der Waals surface area contributed by atoms with E-state index in [1.165, 1.54) is 6.07 Å². The number of pyridine rings is 1. The first-order valence-corrected chi connectivity index (χ1v) is 6.65. The monoisotopic (exact) mass is 276 g/mol. The van der Waals surface area contributed by atoms with Gasteiger partial charge in [-0.2, -0.15) is 0 Å². The highest BCUT2D eigenvalue weighted by Gasteiger charge is 2.27. The number of nitrogens with zero attached hydrogens (tertiary/aromatic N) is 1. The van der Waals surface area contributed by atoms with E-state index in [1.54, 1.807) is 11.6 Å². The van der Waals surface area contributed by atoms with Gasteiger partial charge in [0, 0.05) is 24.2 Å². The molecular weight excluding hydrogens is 256 g/mol. The van der Waals surface area contributed by atoms with Gasteiger partial charge in [-0.05, 0) is 12.5 Å². The van der Waals surface area contributed by atoms with Gasteiger partial charge in [0.15, 0.2) is 0 Å². The quantitative estimate of drug-likeness (QED) is 0.764. The fraction of sp³-hybridized carbons (Fsp3) is 0.400. The van der Waals surface area contributed by atoms with E-state index >= 15 is 0 Å². The predicted octanol–water partition coefficient (Wildman–Crippen LogP) is 1.08. The van der Waals surface area contributed by atoms with Crippen LogP contribution in [0, 0.1) is 0 Å². The van der Waals surface area contributed by atoms with Crippen molar-refractivity contribution >= 4 is 16.6 Å². The number of anilines is 1. The summed E-state index contributed by atoms with van der Waals surface area (Å²) in [6, 6.07) is 9.04. The molecule has 1 aromatic heterocycles. The zero-order valence-corrected chi connectivity index (χ0v) is 11.8. The van der Waals surface area contributed by atoms with Gasteiger partial charge in [-0.15, -0.1) is 0 Å². The Morgan fingerprint density at radius 3 is 2.50 bits per heavy atom. The zero-order valence-electron chi connectivity index (χ0n) is 11.8. The molecule has 0 amide bonds. The predicted molar refractivity (Wildman–Crippen MR) is 80.0 cm³/mol. The van der Waals surface area contributed by atoms with Gasteiger partial charge < -0.3 is 20.1 Å². The number of fused-ring (bicyclic) bond motifs is 1. The van der Waals surface area contributed by atoms with Crippen molar-refractivity contribution in [2.45, 2.75) is 18.9 Å². The first-order chi connectivity index (χ1) is 9.56. The van der Waals surface area contributed by atoms with Crippen LogP contribution in [0.4, 0.5) is 5.69 Å². The van der Waals surface area contributed by atoms with E-state index in [0.717, 1.165) is 10.9 Å². The number of rotatable bonds is 5. The number of aliphatic hydroxyl groups excluding tert-OH is 2. The molecule has 1 aromatic carbocycles. The van der Waals surface area contributed by atoms with E-state index in [1.807, 2.05) is 31.2 Å². The third kappa shape index (κ3) is 2.42. The van der Waals surface area contributed by atoms with Gasteiger partial charge in [0.2, 0.25) is 0 Å². The van der Waals surface area contributed by atoms with Gasteiger partial charge >= 0.3 is 0 Å². The van der Waals surface area contributed by atoms with Crippen molar-refractivity contribution in [1.82, 2.24) is 4.57 Å². The number of aliphatic hydroxyl groups is 2. The summed E-state index contributed by atoms with van der Waals surface area (Å²) in [5.74, 6) is 0. The molecule has 0 radical (unpaired) electrons. The molecule has 0 aliphatic rings. The number of aryl methyl sites for hydroxylation is 1. The highest BCUT2D eigenvalue weighted by molar-refractivity contribution is 5.91. The van der Waals surface area contributed by atoms with Gasteiger partial charge in [-0.25, -0.2) is 0 Å². The Balaban J connectivity index is 2.61. The lowest BCUT2D eigenvalue weighted by atomic mass is 9.97. The first kappa shape index (κ1) is 14.6. The molecule has 108 valence electrons. The molecule has 0 unspecified atom stereocenters. The summed E-state index contributed by atoms with van der Waals surface area (Å²) in [5.41, 5.74) is 0.485. The van der Waals surface area contributed by atoms with E-state index < -0.39 is 5.54 Å². The molecule has 0 atom stereocenters. The Bertz CT molecular complexity index is 651. The third-order valence-electron chi connectivity index (χ3n) is 3.84. The number of aromatic nitrogens is 1. The lowest BCUT2D eigenvalue weighted by Crippen LogP contribution is -2.45. The molecule has 2 aromatic rings. The molecular formula is C15H20N2O3. The molecule has 0 aliphatic carbocycles. The second kappa shape index (κ2) is 5.64. The van der Waals surface area contributed by atoms with Crippen LogP contribution in [0.5, 0.6) is 0 Å². The fourth-order valence-corrected chi connectivity index (χ4v) is 2.24. The van der Waals surface area contributed by atoms with Gasteiger partial charge in [-0.1, -0.05) is 25.1 Å². The van der Waals surface area contributed by atoms with E-state index in [4.69, 9.17) is 0 Å². The van der Waals surface area contributed by atoms with Crippen LogP contribution in [-0.4, -0.2) is 33.5 Å². The van der Waals surface area contributed by atoms with E-state index in [9.17, 15) is 15.0 Å². The zero-order chi connectivity index (χ0) is 14.8. The molecule has 0 fully saturated rings. The summed E-state index contributed by atoms with van der Waals surface area (Å²) in [7, 11) is 1.72. The smallest absolute Gasteiger partial charge is 0.252 e. The normalized spacial score (nSPS) is 11.8. The SMILES string of the molecule is CCC(CO)(CO)Nc1cc(=O)n(C)c2ccccc12. The summed E-state index contributed by atoms with van der Waals surface area (Å²) in [4.78, 5) is 12.0. The molecule has 0 saturated carbocycles. The second-order valence-electron chi connectivity index (χ2n) is 5.05. The van der Waals surface area contributed by atoms with Crippen LogP contribution in [0.1, 0.15) is 13.3 Å². The lowest BCUT2D eigenvalue weighted by molar-refractivity contribution is 0.132. The van der Waals surface area contributed by atoms with E-state index in [2.05, 4.69) is 5.32 Å². The van der Waals surface area contributed by atoms with Gasteiger partial charge in [-0.3, -0.25) is 4.79 Å². The van der Waals surface area contributed by atoms with Gasteiger partial charge in [0.25, 0.3) is 5.56 Å². The summed E-state index contributed by atoms with van der Waals surface area (Å²) in [5, 5.41) is 23.1. The van der Waals surface area contributed by atoms with Crippen LogP contribution in [0.3, 0.4) is 0 Å². The average Bonchev–Trinajstić information content (AvgIpc) is 2.50. The molecule has 2 rings (SSSR count). The highest BCUT2D eigenvalue weighted by atomic mass is 16.3. The van der Waals surface area contributed by atoms with Crippen LogP contribution < -0.4 is 10.9 Å². The van der Waals surface area contributed by atoms with Crippen molar-refractivity contribution in [3.8, 4) is 0 Å². The Labute approximate surface area is 117 Å². The molecule has 0 bridgehead atoms. The van der Waals surface area contributed by atoms with Crippen LogP contribution in [-0.2, 0) is 7.05 Å². The number of para-hydroxylation sites is 1. The molecule has 0 saturated heterocycles. The second-order valence-corrected chi connectivity index (χ2v) is 5.05. The lowest BCUT2D eigenvalue weighted by Gasteiger charge is -2.31. The maximum Gasteiger partial charge on any atom is 0.252 e. The Morgan fingerprint density at radius 2 is 1.90 bits per heavy atom. The molecule has 3 N–H and O–H groups in total. The van der Waals surface area contributed by atoms with E-state index in [-0.39, 0.29) is 18.8 Å². The average molecular weight is 276 g/mol. The number of nitrogens with one attached hydrogen (secondary N) is 1. The Hall–Kier alpha value is -1.85. The van der Waals surface area contributed by atoms with Gasteiger partial charge in [0.05, 0.1) is 24.3 Å². The summed E-state index contributed by atoms with van der Waals surface area (Å²) in [6.45, 7) is 1.47. The maximum absolute atomic E-state index is 12.0. The van der Waals surface area contributed by atoms with Gasteiger partial charge in [0.1, 0.15) is 0 Å². The van der Waals surface area contributed by atoms with Crippen molar-refractivity contribution in [3.63, 3.8) is 0 Å². The summed E-state index contributed by atoms with van der Waals surface area (Å²) in [6.07, 6.45) is 0.545.